The molecule has 0 heterocycles. The summed E-state index contributed by atoms with van der Waals surface area (Å²) in [5.41, 5.74) is 0.229. The monoisotopic (exact) mass is 154 g/mol. The molecular formula is C8H10O3. The van der Waals surface area contributed by atoms with Crippen molar-refractivity contribution < 1.29 is 14.3 Å². The Morgan fingerprint density at radius 2 is 1.91 bits per heavy atom. The summed E-state index contributed by atoms with van der Waals surface area (Å²) in [7, 11) is 0. The maximum Gasteiger partial charge on any atom is 0.170 e. The van der Waals surface area contributed by atoms with Gasteiger partial charge in [0.05, 0.1) is 18.4 Å². The Kier molecular flexibility index (Phi) is 2.41. The summed E-state index contributed by atoms with van der Waals surface area (Å²) in [6.45, 7) is 2.30. The topological polar surface area (TPSA) is 43.4 Å². The largest absolute Gasteiger partial charge is 0.501 e. The van der Waals surface area contributed by atoms with Gasteiger partial charge in [-0.05, 0) is 6.92 Å². The first-order chi connectivity index (χ1) is 5.25. The van der Waals surface area contributed by atoms with Crippen LogP contribution in [0.25, 0.3) is 0 Å². The van der Waals surface area contributed by atoms with Crippen molar-refractivity contribution in [3.05, 3.63) is 11.8 Å². The lowest BCUT2D eigenvalue weighted by Gasteiger charge is -1.94. The van der Waals surface area contributed by atoms with Crippen molar-refractivity contribution in [2.75, 3.05) is 6.61 Å². The van der Waals surface area contributed by atoms with Gasteiger partial charge in [0.15, 0.2) is 11.6 Å². The first kappa shape index (κ1) is 7.98. The summed E-state index contributed by atoms with van der Waals surface area (Å²) in [4.78, 5) is 21.8. The van der Waals surface area contributed by atoms with Gasteiger partial charge in [0, 0.05) is 12.8 Å². The highest BCUT2D eigenvalue weighted by Crippen LogP contribution is 2.16. The van der Waals surface area contributed by atoms with Crippen LogP contribution in [0.5, 0.6) is 0 Å². The van der Waals surface area contributed by atoms with Crippen molar-refractivity contribution in [2.24, 2.45) is 0 Å². The van der Waals surface area contributed by atoms with Crippen LogP contribution in [0.15, 0.2) is 11.8 Å². The number of carbonyl (C=O) groups excluding carboxylic acids is 2. The van der Waals surface area contributed by atoms with Crippen LogP contribution >= 0.6 is 0 Å². The molecule has 3 heteroatoms. The minimum Gasteiger partial charge on any atom is -0.501 e. The maximum absolute atomic E-state index is 10.9. The highest BCUT2D eigenvalue weighted by molar-refractivity contribution is 6.24. The van der Waals surface area contributed by atoms with Gasteiger partial charge in [-0.15, -0.1) is 0 Å². The molecule has 0 saturated heterocycles. The number of ether oxygens (including phenoxy) is 1. The van der Waals surface area contributed by atoms with Crippen LogP contribution in [-0.2, 0) is 14.3 Å². The van der Waals surface area contributed by atoms with E-state index in [1.807, 2.05) is 0 Å². The molecule has 0 radical (unpaired) electrons. The third-order valence-electron chi connectivity index (χ3n) is 1.55. The van der Waals surface area contributed by atoms with Gasteiger partial charge in [0.25, 0.3) is 0 Å². The van der Waals surface area contributed by atoms with E-state index in [9.17, 15) is 9.59 Å². The fourth-order valence-corrected chi connectivity index (χ4v) is 0.950. The smallest absolute Gasteiger partial charge is 0.170 e. The average Bonchev–Trinajstić information content (AvgIpc) is 2.29. The Hall–Kier alpha value is -1.12. The van der Waals surface area contributed by atoms with Gasteiger partial charge in [0.2, 0.25) is 0 Å². The fraction of sp³-hybridized carbons (Fsp3) is 0.500. The first-order valence-corrected chi connectivity index (χ1v) is 3.64. The van der Waals surface area contributed by atoms with E-state index in [4.69, 9.17) is 4.74 Å². The minimum atomic E-state index is -0.0940. The second-order valence-electron chi connectivity index (χ2n) is 2.33. The number of rotatable bonds is 2. The highest BCUT2D eigenvalue weighted by Gasteiger charge is 2.26. The van der Waals surface area contributed by atoms with Crippen molar-refractivity contribution in [3.8, 4) is 0 Å². The Morgan fingerprint density at radius 3 is 2.36 bits per heavy atom. The van der Waals surface area contributed by atoms with Gasteiger partial charge in [-0.25, -0.2) is 0 Å². The van der Waals surface area contributed by atoms with E-state index in [1.165, 1.54) is 6.26 Å². The van der Waals surface area contributed by atoms with Crippen LogP contribution in [0, 0.1) is 0 Å². The lowest BCUT2D eigenvalue weighted by Crippen LogP contribution is -2.00. The van der Waals surface area contributed by atoms with Crippen molar-refractivity contribution in [1.29, 1.82) is 0 Å². The predicted molar refractivity (Wildman–Crippen MR) is 39.0 cm³/mol. The van der Waals surface area contributed by atoms with Crippen LogP contribution in [0.2, 0.25) is 0 Å². The summed E-state index contributed by atoms with van der Waals surface area (Å²) < 4.78 is 4.85. The molecule has 1 aliphatic rings. The summed E-state index contributed by atoms with van der Waals surface area (Å²) in [6, 6.07) is 0. The Morgan fingerprint density at radius 1 is 1.36 bits per heavy atom. The van der Waals surface area contributed by atoms with Gasteiger partial charge in [-0.3, -0.25) is 9.59 Å². The first-order valence-electron chi connectivity index (χ1n) is 3.64. The van der Waals surface area contributed by atoms with Crippen LogP contribution in [0.3, 0.4) is 0 Å². The van der Waals surface area contributed by atoms with E-state index in [1.54, 1.807) is 6.92 Å². The number of hydrogen-bond donors (Lipinski definition) is 0. The van der Waals surface area contributed by atoms with Gasteiger partial charge in [-0.1, -0.05) is 0 Å². The van der Waals surface area contributed by atoms with Gasteiger partial charge >= 0.3 is 0 Å². The molecule has 0 aromatic rings. The molecule has 0 bridgehead atoms. The molecule has 11 heavy (non-hydrogen) atoms. The molecule has 0 aromatic carbocycles. The zero-order chi connectivity index (χ0) is 8.27. The van der Waals surface area contributed by atoms with Crippen molar-refractivity contribution in [1.82, 2.24) is 0 Å². The second-order valence-corrected chi connectivity index (χ2v) is 2.33. The Bertz CT molecular complexity index is 197. The molecule has 0 aliphatic heterocycles. The van der Waals surface area contributed by atoms with Gasteiger partial charge < -0.3 is 4.74 Å². The van der Waals surface area contributed by atoms with E-state index in [2.05, 4.69) is 0 Å². The molecule has 0 unspecified atom stereocenters. The zero-order valence-electron chi connectivity index (χ0n) is 6.42. The zero-order valence-corrected chi connectivity index (χ0v) is 6.42. The Balaban J connectivity index is 2.68. The normalized spacial score (nSPS) is 17.4. The molecule has 3 nitrogen and oxygen atoms in total. The van der Waals surface area contributed by atoms with E-state index < -0.39 is 0 Å². The van der Waals surface area contributed by atoms with E-state index in [0.29, 0.717) is 19.4 Å². The SMILES string of the molecule is CCOC=C1C(=O)CCC1=O. The lowest BCUT2D eigenvalue weighted by molar-refractivity contribution is -0.116. The summed E-state index contributed by atoms with van der Waals surface area (Å²) in [5.74, 6) is -0.188. The molecule has 1 aliphatic carbocycles. The summed E-state index contributed by atoms with van der Waals surface area (Å²) >= 11 is 0. The van der Waals surface area contributed by atoms with Crippen LogP contribution in [0.4, 0.5) is 0 Å². The summed E-state index contributed by atoms with van der Waals surface area (Å²) in [5, 5.41) is 0. The third kappa shape index (κ3) is 1.67. The lowest BCUT2D eigenvalue weighted by atomic mass is 10.2. The number of allylic oxidation sites excluding steroid dienone is 1. The van der Waals surface area contributed by atoms with Crippen molar-refractivity contribution in [3.63, 3.8) is 0 Å². The van der Waals surface area contributed by atoms with Gasteiger partial charge in [0.1, 0.15) is 0 Å². The van der Waals surface area contributed by atoms with Crippen LogP contribution in [-0.4, -0.2) is 18.2 Å². The predicted octanol–water partition coefficient (Wildman–Crippen LogP) is 0.839. The number of hydrogen-bond acceptors (Lipinski definition) is 3. The van der Waals surface area contributed by atoms with E-state index >= 15 is 0 Å². The molecule has 0 spiro atoms. The fourth-order valence-electron chi connectivity index (χ4n) is 0.950. The van der Waals surface area contributed by atoms with Crippen molar-refractivity contribution in [2.45, 2.75) is 19.8 Å². The molecule has 0 aromatic heterocycles. The second kappa shape index (κ2) is 3.32. The summed E-state index contributed by atoms with van der Waals surface area (Å²) in [6.07, 6.45) is 1.97. The average molecular weight is 154 g/mol. The molecule has 0 amide bonds. The molecule has 60 valence electrons. The third-order valence-corrected chi connectivity index (χ3v) is 1.55. The van der Waals surface area contributed by atoms with Crippen LogP contribution < -0.4 is 0 Å². The Labute approximate surface area is 65.0 Å². The van der Waals surface area contributed by atoms with E-state index in [-0.39, 0.29) is 17.1 Å². The molecule has 1 rings (SSSR count). The highest BCUT2D eigenvalue weighted by atomic mass is 16.5. The molecule has 0 N–H and O–H groups in total. The minimum absolute atomic E-state index is 0.0940. The number of ketones is 2. The molecule has 0 atom stereocenters. The number of carbonyl (C=O) groups is 2. The van der Waals surface area contributed by atoms with Gasteiger partial charge in [-0.2, -0.15) is 0 Å². The number of Topliss-reactive ketones (excluding diaryl/α,β-unsaturated/α-hetero) is 2. The molecule has 1 fully saturated rings. The molecular weight excluding hydrogens is 144 g/mol. The van der Waals surface area contributed by atoms with E-state index in [0.717, 1.165) is 0 Å². The standard InChI is InChI=1S/C8H10O3/c1-2-11-5-6-7(9)3-4-8(6)10/h5H,2-4H2,1H3. The maximum atomic E-state index is 10.9. The molecule has 1 saturated carbocycles. The van der Waals surface area contributed by atoms with Crippen molar-refractivity contribution >= 4 is 11.6 Å². The van der Waals surface area contributed by atoms with Crippen LogP contribution in [0.1, 0.15) is 19.8 Å². The quantitative estimate of drug-likeness (QED) is 0.336.